The fourth-order valence-corrected chi connectivity index (χ4v) is 2.05. The van der Waals surface area contributed by atoms with Gasteiger partial charge in [-0.3, -0.25) is 14.9 Å². The maximum absolute atomic E-state index is 13.2. The number of nitrogens with zero attached hydrogens (tertiary/aromatic N) is 2. The van der Waals surface area contributed by atoms with Crippen LogP contribution in [0.5, 0.6) is 0 Å². The number of benzene rings is 1. The number of nitro benzene ring substituents is 1. The number of aromatic nitrogens is 1. The SMILES string of the molecule is Cc1nc(Br)ccc1NC(=O)c1ccc(F)c([N+](=O)[O-])c1. The Hall–Kier alpha value is -2.35. The van der Waals surface area contributed by atoms with E-state index in [4.69, 9.17) is 0 Å². The topological polar surface area (TPSA) is 85.1 Å². The van der Waals surface area contributed by atoms with Crippen LogP contribution in [0.4, 0.5) is 15.8 Å². The molecule has 0 bridgehead atoms. The molecular weight excluding hydrogens is 345 g/mol. The first-order valence-electron chi connectivity index (χ1n) is 5.77. The zero-order valence-electron chi connectivity index (χ0n) is 10.8. The van der Waals surface area contributed by atoms with Gasteiger partial charge >= 0.3 is 5.69 Å². The molecule has 1 N–H and O–H groups in total. The van der Waals surface area contributed by atoms with Crippen LogP contribution in [0.25, 0.3) is 0 Å². The van der Waals surface area contributed by atoms with E-state index in [1.807, 2.05) is 0 Å². The minimum absolute atomic E-state index is 0.00887. The number of nitro groups is 1. The number of pyridine rings is 1. The number of halogens is 2. The van der Waals surface area contributed by atoms with Crippen molar-refractivity contribution in [1.82, 2.24) is 4.98 Å². The molecule has 0 aliphatic rings. The van der Waals surface area contributed by atoms with E-state index in [1.165, 1.54) is 6.07 Å². The van der Waals surface area contributed by atoms with Crippen LogP contribution in [-0.4, -0.2) is 15.8 Å². The summed E-state index contributed by atoms with van der Waals surface area (Å²) >= 11 is 3.20. The smallest absolute Gasteiger partial charge is 0.305 e. The predicted molar refractivity (Wildman–Crippen MR) is 77.7 cm³/mol. The molecule has 6 nitrogen and oxygen atoms in total. The van der Waals surface area contributed by atoms with Gasteiger partial charge in [0.05, 0.1) is 16.3 Å². The highest BCUT2D eigenvalue weighted by molar-refractivity contribution is 9.10. The van der Waals surface area contributed by atoms with E-state index in [2.05, 4.69) is 26.2 Å². The van der Waals surface area contributed by atoms with Crippen molar-refractivity contribution in [3.8, 4) is 0 Å². The largest absolute Gasteiger partial charge is 0.320 e. The number of hydrogen-bond donors (Lipinski definition) is 1. The van der Waals surface area contributed by atoms with Crippen LogP contribution >= 0.6 is 15.9 Å². The van der Waals surface area contributed by atoms with E-state index in [-0.39, 0.29) is 5.56 Å². The molecule has 0 atom stereocenters. The summed E-state index contributed by atoms with van der Waals surface area (Å²) in [6.45, 7) is 1.70. The zero-order valence-corrected chi connectivity index (χ0v) is 12.3. The summed E-state index contributed by atoms with van der Waals surface area (Å²) in [7, 11) is 0. The zero-order chi connectivity index (χ0) is 15.6. The summed E-state index contributed by atoms with van der Waals surface area (Å²) in [6.07, 6.45) is 0. The minimum atomic E-state index is -0.988. The summed E-state index contributed by atoms with van der Waals surface area (Å²) in [5.41, 5.74) is 0.295. The molecular formula is C13H9BrFN3O3. The van der Waals surface area contributed by atoms with Gasteiger partial charge in [0.2, 0.25) is 5.82 Å². The number of amides is 1. The third-order valence-electron chi connectivity index (χ3n) is 2.71. The van der Waals surface area contributed by atoms with Crippen molar-refractivity contribution in [3.63, 3.8) is 0 Å². The van der Waals surface area contributed by atoms with Crippen molar-refractivity contribution in [1.29, 1.82) is 0 Å². The lowest BCUT2D eigenvalue weighted by Gasteiger charge is -2.08. The third kappa shape index (κ3) is 3.40. The maximum Gasteiger partial charge on any atom is 0.305 e. The molecule has 2 rings (SSSR count). The summed E-state index contributed by atoms with van der Waals surface area (Å²) in [5.74, 6) is -1.57. The van der Waals surface area contributed by atoms with Gasteiger partial charge in [-0.25, -0.2) is 4.98 Å². The Morgan fingerprint density at radius 3 is 2.71 bits per heavy atom. The van der Waals surface area contributed by atoms with Gasteiger partial charge in [0.1, 0.15) is 4.60 Å². The molecule has 0 radical (unpaired) electrons. The number of anilines is 1. The van der Waals surface area contributed by atoms with Crippen LogP contribution < -0.4 is 5.32 Å². The van der Waals surface area contributed by atoms with E-state index >= 15 is 0 Å². The Bertz CT molecular complexity index is 737. The molecule has 0 aliphatic heterocycles. The Labute approximate surface area is 127 Å². The molecule has 1 heterocycles. The normalized spacial score (nSPS) is 10.2. The first kappa shape index (κ1) is 15.0. The Balaban J connectivity index is 2.28. The molecule has 0 fully saturated rings. The van der Waals surface area contributed by atoms with Gasteiger partial charge in [0.25, 0.3) is 5.91 Å². The van der Waals surface area contributed by atoms with Gasteiger partial charge < -0.3 is 5.32 Å². The first-order chi connectivity index (χ1) is 9.88. The Morgan fingerprint density at radius 2 is 2.10 bits per heavy atom. The lowest BCUT2D eigenvalue weighted by molar-refractivity contribution is -0.387. The van der Waals surface area contributed by atoms with Gasteiger partial charge in [-0.05, 0) is 47.1 Å². The molecule has 0 saturated carbocycles. The number of aryl methyl sites for hydroxylation is 1. The summed E-state index contributed by atoms with van der Waals surface area (Å²) in [6, 6.07) is 6.25. The summed E-state index contributed by atoms with van der Waals surface area (Å²) in [4.78, 5) is 25.9. The highest BCUT2D eigenvalue weighted by atomic mass is 79.9. The van der Waals surface area contributed by atoms with E-state index in [9.17, 15) is 19.3 Å². The molecule has 1 amide bonds. The highest BCUT2D eigenvalue weighted by Gasteiger charge is 2.18. The second-order valence-electron chi connectivity index (χ2n) is 4.14. The fraction of sp³-hybridized carbons (Fsp3) is 0.0769. The standard InChI is InChI=1S/C13H9BrFN3O3/c1-7-10(4-5-12(14)16-7)17-13(19)8-2-3-9(15)11(6-8)18(20)21/h2-6H,1H3,(H,17,19). The molecule has 8 heteroatoms. The number of carbonyl (C=O) groups excluding carboxylic acids is 1. The second-order valence-corrected chi connectivity index (χ2v) is 4.96. The first-order valence-corrected chi connectivity index (χ1v) is 6.56. The minimum Gasteiger partial charge on any atom is -0.320 e. The number of nitrogens with one attached hydrogen (secondary N) is 1. The van der Waals surface area contributed by atoms with Crippen LogP contribution in [0.2, 0.25) is 0 Å². The molecule has 0 spiro atoms. The average Bonchev–Trinajstić information content (AvgIpc) is 2.42. The summed E-state index contributed by atoms with van der Waals surface area (Å²) < 4.78 is 13.9. The van der Waals surface area contributed by atoms with Crippen LogP contribution in [0.1, 0.15) is 16.1 Å². The molecule has 108 valence electrons. The van der Waals surface area contributed by atoms with Crippen molar-refractivity contribution in [2.24, 2.45) is 0 Å². The number of rotatable bonds is 3. The van der Waals surface area contributed by atoms with Crippen LogP contribution in [-0.2, 0) is 0 Å². The predicted octanol–water partition coefficient (Wildman–Crippen LogP) is 3.45. The third-order valence-corrected chi connectivity index (χ3v) is 3.15. The van der Waals surface area contributed by atoms with Crippen LogP contribution in [0.3, 0.4) is 0 Å². The highest BCUT2D eigenvalue weighted by Crippen LogP contribution is 2.21. The number of hydrogen-bond acceptors (Lipinski definition) is 4. The summed E-state index contributed by atoms with van der Waals surface area (Å²) in [5, 5.41) is 13.2. The molecule has 1 aromatic carbocycles. The van der Waals surface area contributed by atoms with Gasteiger partial charge in [0, 0.05) is 11.6 Å². The molecule has 0 aliphatic carbocycles. The fourth-order valence-electron chi connectivity index (χ4n) is 1.65. The van der Waals surface area contributed by atoms with Crippen LogP contribution in [0, 0.1) is 22.9 Å². The van der Waals surface area contributed by atoms with Crippen LogP contribution in [0.15, 0.2) is 34.9 Å². The van der Waals surface area contributed by atoms with Gasteiger partial charge in [-0.1, -0.05) is 0 Å². The van der Waals surface area contributed by atoms with Crippen molar-refractivity contribution in [2.75, 3.05) is 5.32 Å². The molecule has 0 saturated heterocycles. The van der Waals surface area contributed by atoms with E-state index in [0.29, 0.717) is 16.0 Å². The van der Waals surface area contributed by atoms with Crippen molar-refractivity contribution in [3.05, 3.63) is 62.1 Å². The Morgan fingerprint density at radius 1 is 1.38 bits per heavy atom. The molecule has 2 aromatic rings. The van der Waals surface area contributed by atoms with Gasteiger partial charge in [-0.2, -0.15) is 4.39 Å². The quantitative estimate of drug-likeness (QED) is 0.520. The average molecular weight is 354 g/mol. The van der Waals surface area contributed by atoms with E-state index in [1.54, 1.807) is 19.1 Å². The number of carbonyl (C=O) groups is 1. The van der Waals surface area contributed by atoms with Crippen molar-refractivity contribution in [2.45, 2.75) is 6.92 Å². The maximum atomic E-state index is 13.2. The van der Waals surface area contributed by atoms with Gasteiger partial charge in [0.15, 0.2) is 0 Å². The van der Waals surface area contributed by atoms with E-state index in [0.717, 1.165) is 12.1 Å². The van der Waals surface area contributed by atoms with Crippen molar-refractivity contribution < 1.29 is 14.1 Å². The molecule has 1 aromatic heterocycles. The van der Waals surface area contributed by atoms with E-state index < -0.39 is 22.3 Å². The molecule has 21 heavy (non-hydrogen) atoms. The lowest BCUT2D eigenvalue weighted by atomic mass is 10.1. The van der Waals surface area contributed by atoms with Gasteiger partial charge in [-0.15, -0.1) is 0 Å². The second kappa shape index (κ2) is 5.96. The monoisotopic (exact) mass is 353 g/mol. The van der Waals surface area contributed by atoms with Crippen molar-refractivity contribution >= 4 is 33.2 Å². The Kier molecular flexibility index (Phi) is 4.27. The lowest BCUT2D eigenvalue weighted by Crippen LogP contribution is -2.13. The molecule has 0 unspecified atom stereocenters.